The van der Waals surface area contributed by atoms with Crippen molar-refractivity contribution >= 4 is 29.1 Å². The third-order valence-corrected chi connectivity index (χ3v) is 9.38. The first-order valence-electron chi connectivity index (χ1n) is 9.98. The van der Waals surface area contributed by atoms with E-state index in [9.17, 15) is 4.79 Å². The van der Waals surface area contributed by atoms with Gasteiger partial charge in [-0.15, -0.1) is 0 Å². The molecule has 0 amide bonds. The Morgan fingerprint density at radius 2 is 1.13 bits per heavy atom. The Morgan fingerprint density at radius 1 is 0.677 bits per heavy atom. The summed E-state index contributed by atoms with van der Waals surface area (Å²) in [5.41, 5.74) is 1.61. The van der Waals surface area contributed by atoms with E-state index in [1.54, 1.807) is 0 Å². The van der Waals surface area contributed by atoms with E-state index in [4.69, 9.17) is 4.74 Å². The van der Waals surface area contributed by atoms with Crippen molar-refractivity contribution in [2.45, 2.75) is 6.61 Å². The molecular weight excluding hydrogens is 467 g/mol. The summed E-state index contributed by atoms with van der Waals surface area (Å²) in [7, 11) is -2.01. The first-order chi connectivity index (χ1) is 14.7. The van der Waals surface area contributed by atoms with E-state index in [1.807, 2.05) is 60.7 Å². The fourth-order valence-electron chi connectivity index (χ4n) is 3.72. The summed E-state index contributed by atoms with van der Waals surface area (Å²) < 4.78 is 5.70. The molecule has 0 aliphatic rings. The van der Waals surface area contributed by atoms with Gasteiger partial charge in [0.2, 0.25) is 0 Å². The van der Waals surface area contributed by atoms with Crippen LogP contribution in [0.4, 0.5) is 0 Å². The second-order valence-corrected chi connectivity index (χ2v) is 10.8. The van der Waals surface area contributed by atoms with Crippen LogP contribution in [-0.2, 0) is 11.3 Å². The number of halogens is 1. The predicted octanol–water partition coefficient (Wildman–Crippen LogP) is 1.97. The van der Waals surface area contributed by atoms with E-state index < -0.39 is 7.26 Å². The van der Waals surface area contributed by atoms with E-state index in [0.717, 1.165) is 10.9 Å². The van der Waals surface area contributed by atoms with E-state index in [2.05, 4.69) is 61.3 Å². The Bertz CT molecular complexity index is 1080. The van der Waals surface area contributed by atoms with Crippen molar-refractivity contribution < 1.29 is 26.5 Å². The molecule has 0 aromatic heterocycles. The number of ether oxygens (including phenoxy) is 1. The Kier molecular flexibility index (Phi) is 7.79. The Labute approximate surface area is 195 Å². The molecule has 0 saturated heterocycles. The molecule has 4 aromatic carbocycles. The minimum Gasteiger partial charge on any atom is -1.00 e. The molecule has 0 unspecified atom stereocenters. The van der Waals surface area contributed by atoms with E-state index in [0.29, 0.717) is 5.56 Å². The topological polar surface area (TPSA) is 26.3 Å². The van der Waals surface area contributed by atoms with Gasteiger partial charge in [0, 0.05) is 0 Å². The number of carbonyl (C=O) groups is 1. The average molecular weight is 491 g/mol. The molecule has 0 heterocycles. The lowest BCUT2D eigenvalue weighted by Gasteiger charge is -2.24. The zero-order valence-corrected chi connectivity index (χ0v) is 19.8. The summed E-state index contributed by atoms with van der Waals surface area (Å²) in [6, 6.07) is 38.6. The van der Waals surface area contributed by atoms with Gasteiger partial charge in [0.15, 0.2) is 0 Å². The second-order valence-electron chi connectivity index (χ2n) is 7.26. The highest BCUT2D eigenvalue weighted by atomic mass is 79.9. The molecule has 2 nitrogen and oxygen atoms in total. The minimum absolute atomic E-state index is 0. The largest absolute Gasteiger partial charge is 1.00 e. The molecule has 0 bridgehead atoms. The summed E-state index contributed by atoms with van der Waals surface area (Å²) in [6.45, 7) is 2.54. The van der Waals surface area contributed by atoms with Gasteiger partial charge < -0.3 is 21.7 Å². The highest BCUT2D eigenvalue weighted by molar-refractivity contribution is 7.95. The van der Waals surface area contributed by atoms with E-state index in [-0.39, 0.29) is 29.6 Å². The average Bonchev–Trinajstić information content (AvgIpc) is 2.84. The van der Waals surface area contributed by atoms with Gasteiger partial charge in [0.25, 0.3) is 0 Å². The van der Waals surface area contributed by atoms with Crippen LogP contribution in [0.15, 0.2) is 115 Å². The van der Waals surface area contributed by atoms with Gasteiger partial charge in [-0.3, -0.25) is 0 Å². The van der Waals surface area contributed by atoms with Gasteiger partial charge >= 0.3 is 5.97 Å². The molecule has 4 rings (SSSR count). The van der Waals surface area contributed by atoms with Crippen LogP contribution < -0.4 is 32.9 Å². The Hall–Kier alpha value is -2.74. The van der Waals surface area contributed by atoms with Crippen LogP contribution in [-0.4, -0.2) is 12.6 Å². The number of rotatable bonds is 6. The summed E-state index contributed by atoms with van der Waals surface area (Å²) >= 11 is 0. The van der Waals surface area contributed by atoms with Crippen LogP contribution >= 0.6 is 7.26 Å². The predicted molar refractivity (Wildman–Crippen MR) is 127 cm³/mol. The quantitative estimate of drug-likeness (QED) is 0.305. The summed E-state index contributed by atoms with van der Waals surface area (Å²) in [4.78, 5) is 13.1. The smallest absolute Gasteiger partial charge is 0.342 e. The van der Waals surface area contributed by atoms with Gasteiger partial charge in [-0.05, 0) is 42.0 Å². The summed E-state index contributed by atoms with van der Waals surface area (Å²) in [5.74, 6) is -0.285. The number of hydrogen-bond acceptors (Lipinski definition) is 2. The maximum Gasteiger partial charge on any atom is 0.342 e. The first-order valence-corrected chi connectivity index (χ1v) is 12.2. The van der Waals surface area contributed by atoms with Crippen molar-refractivity contribution in [2.24, 2.45) is 0 Å². The highest BCUT2D eigenvalue weighted by Crippen LogP contribution is 2.52. The molecule has 0 spiro atoms. The zero-order chi connectivity index (χ0) is 20.8. The fourth-order valence-corrected chi connectivity index (χ4v) is 7.14. The molecule has 4 aromatic rings. The number of esters is 1. The normalized spacial score (nSPS) is 10.7. The summed E-state index contributed by atoms with van der Waals surface area (Å²) in [6.07, 6.45) is 0. The van der Waals surface area contributed by atoms with Crippen molar-refractivity contribution in [1.82, 2.24) is 0 Å². The molecule has 0 aliphatic carbocycles. The molecular formula is C27H24BrO2P. The zero-order valence-electron chi connectivity index (χ0n) is 17.3. The third kappa shape index (κ3) is 4.95. The van der Waals surface area contributed by atoms with Crippen molar-refractivity contribution in [3.05, 3.63) is 126 Å². The number of carbonyl (C=O) groups excluding carboxylic acids is 1. The molecule has 0 fully saturated rings. The number of benzene rings is 4. The van der Waals surface area contributed by atoms with Crippen LogP contribution in [0.2, 0.25) is 0 Å². The van der Waals surface area contributed by atoms with Crippen LogP contribution in [0.3, 0.4) is 0 Å². The Balaban J connectivity index is 0.00000272. The molecule has 0 saturated carbocycles. The van der Waals surface area contributed by atoms with Gasteiger partial charge in [-0.2, -0.15) is 0 Å². The van der Waals surface area contributed by atoms with Gasteiger partial charge in [0.05, 0.1) is 6.66 Å². The van der Waals surface area contributed by atoms with Crippen LogP contribution in [0.25, 0.3) is 0 Å². The lowest BCUT2D eigenvalue weighted by molar-refractivity contribution is -0.0000241. The fraction of sp³-hybridized carbons (Fsp3) is 0.0741. The molecule has 31 heavy (non-hydrogen) atoms. The lowest BCUT2D eigenvalue weighted by atomic mass is 10.2. The van der Waals surface area contributed by atoms with Crippen molar-refractivity contribution in [2.75, 3.05) is 6.66 Å². The van der Waals surface area contributed by atoms with Crippen molar-refractivity contribution in [3.63, 3.8) is 0 Å². The van der Waals surface area contributed by atoms with Crippen molar-refractivity contribution in [1.29, 1.82) is 0 Å². The first kappa shape index (κ1) is 22.9. The monoisotopic (exact) mass is 490 g/mol. The molecule has 4 heteroatoms. The van der Waals surface area contributed by atoms with Gasteiger partial charge in [-0.1, -0.05) is 78.9 Å². The van der Waals surface area contributed by atoms with Gasteiger partial charge in [0.1, 0.15) is 35.3 Å². The standard InChI is InChI=1S/C27H24O2P.BrH/c1-30(23-15-7-3-8-16-23,24-17-9-4-10-18-24)26-20-12-11-19-25(26)27(28)29-21-22-13-5-2-6-14-22;/h2-20H,21H2,1H3;1H/q+1;/p-1. The number of hydrogen-bond donors (Lipinski definition) is 0. The van der Waals surface area contributed by atoms with E-state index >= 15 is 0 Å². The maximum absolute atomic E-state index is 13.1. The maximum atomic E-state index is 13.1. The molecule has 0 aliphatic heterocycles. The highest BCUT2D eigenvalue weighted by Gasteiger charge is 2.43. The SMILES string of the molecule is C[P+](c1ccccc1)(c1ccccc1)c1ccccc1C(=O)OCc1ccccc1.[Br-]. The third-order valence-electron chi connectivity index (χ3n) is 5.36. The Morgan fingerprint density at radius 3 is 1.68 bits per heavy atom. The molecule has 0 atom stereocenters. The van der Waals surface area contributed by atoms with Crippen LogP contribution in [0, 0.1) is 0 Å². The van der Waals surface area contributed by atoms with Crippen LogP contribution in [0.5, 0.6) is 0 Å². The molecule has 0 radical (unpaired) electrons. The van der Waals surface area contributed by atoms with E-state index in [1.165, 1.54) is 10.6 Å². The molecule has 156 valence electrons. The van der Waals surface area contributed by atoms with Gasteiger partial charge in [-0.25, -0.2) is 4.79 Å². The molecule has 0 N–H and O–H groups in total. The minimum atomic E-state index is -2.01. The van der Waals surface area contributed by atoms with Crippen LogP contribution in [0.1, 0.15) is 15.9 Å². The van der Waals surface area contributed by atoms with Crippen molar-refractivity contribution in [3.8, 4) is 0 Å². The lowest BCUT2D eigenvalue weighted by Crippen LogP contribution is -3.00. The second kappa shape index (κ2) is 10.5. The summed E-state index contributed by atoms with van der Waals surface area (Å²) in [5, 5.41) is 3.51.